The van der Waals surface area contributed by atoms with Crippen LogP contribution in [0.15, 0.2) is 58.6 Å². The van der Waals surface area contributed by atoms with Gasteiger partial charge in [0.15, 0.2) is 0 Å². The lowest BCUT2D eigenvalue weighted by Crippen LogP contribution is -2.49. The molecule has 1 N–H and O–H groups in total. The van der Waals surface area contributed by atoms with Crippen LogP contribution in [0.4, 0.5) is 5.82 Å². The molecule has 0 spiro atoms. The molecular formula is C36H32BrClN4O5S. The second kappa shape index (κ2) is 10.9. The first-order valence-corrected chi connectivity index (χ1v) is 18.0. The molecule has 2 aromatic heterocycles. The predicted molar refractivity (Wildman–Crippen MR) is 187 cm³/mol. The number of benzene rings is 2. The Balaban J connectivity index is 1.26. The summed E-state index contributed by atoms with van der Waals surface area (Å²) in [7, 11) is 1.72. The SMILES string of the molecule is CCN1C(=O)[C@H]2[C@H](CC=C3[C@H]2C[C@H]2C(=O)N(c4cc(-c5sc6ccc(Cl)cc6c5C)nn4C)C(=O)[C@@]2(C)[C@H]3c2cc(Br)ccc2O)C1=O. The van der Waals surface area contributed by atoms with Gasteiger partial charge >= 0.3 is 0 Å². The highest BCUT2D eigenvalue weighted by Crippen LogP contribution is 2.64. The topological polar surface area (TPSA) is 113 Å². The van der Waals surface area contributed by atoms with E-state index in [1.54, 1.807) is 54.3 Å². The lowest BCUT2D eigenvalue weighted by atomic mass is 9.51. The number of imide groups is 2. The van der Waals surface area contributed by atoms with Crippen molar-refractivity contribution in [3.05, 3.63) is 74.7 Å². The number of likely N-dealkylation sites (tertiary alicyclic amines) is 1. The summed E-state index contributed by atoms with van der Waals surface area (Å²) in [4.78, 5) is 60.1. The fourth-order valence-electron chi connectivity index (χ4n) is 8.93. The Kier molecular flexibility index (Phi) is 7.11. The van der Waals surface area contributed by atoms with E-state index < -0.39 is 35.0 Å². The number of allylic oxidation sites excluding steroid dienone is 2. The Hall–Kier alpha value is -3.80. The van der Waals surface area contributed by atoms with Gasteiger partial charge in [-0.25, -0.2) is 4.90 Å². The van der Waals surface area contributed by atoms with Crippen molar-refractivity contribution in [1.29, 1.82) is 0 Å². The van der Waals surface area contributed by atoms with Crippen LogP contribution < -0.4 is 4.90 Å². The minimum absolute atomic E-state index is 0.00211. The summed E-state index contributed by atoms with van der Waals surface area (Å²) in [6.45, 7) is 5.89. The average molecular weight is 748 g/mol. The van der Waals surface area contributed by atoms with E-state index in [4.69, 9.17) is 16.7 Å². The number of thiophene rings is 1. The molecule has 4 aliphatic rings. The van der Waals surface area contributed by atoms with Crippen molar-refractivity contribution in [2.24, 2.45) is 36.1 Å². The number of amides is 4. The molecule has 2 saturated heterocycles. The number of aromatic nitrogens is 2. The third-order valence-corrected chi connectivity index (χ3v) is 13.2. The monoisotopic (exact) mass is 746 g/mol. The summed E-state index contributed by atoms with van der Waals surface area (Å²) in [5.74, 6) is -3.91. The van der Waals surface area contributed by atoms with E-state index in [-0.39, 0.29) is 42.3 Å². The molecule has 2 aliphatic carbocycles. The highest BCUT2D eigenvalue weighted by atomic mass is 79.9. The number of nitrogens with zero attached hydrogens (tertiary/aromatic N) is 4. The first-order valence-electron chi connectivity index (χ1n) is 16.0. The molecular weight excluding hydrogens is 716 g/mol. The van der Waals surface area contributed by atoms with Gasteiger partial charge in [-0.15, -0.1) is 11.3 Å². The van der Waals surface area contributed by atoms with Gasteiger partial charge in [-0.3, -0.25) is 28.8 Å². The van der Waals surface area contributed by atoms with Crippen LogP contribution in [0, 0.1) is 36.0 Å². The number of phenols is 1. The standard InChI is InChI=1S/C36H32BrClN4O5S/c1-5-41-32(44)20-9-8-19-22(29(20)34(41)46)14-24-33(45)42(35(47)36(24,3)30(19)23-12-17(37)6-10-26(23)43)28-15-25(39-40(28)4)31-16(2)21-13-18(38)7-11-27(21)48-31/h6-8,10-13,15,20,22,24,29-30,43H,5,9,14H2,1-4H3/t20-,22+,24-,29-,30+,36+/m0/s1. The van der Waals surface area contributed by atoms with Crippen molar-refractivity contribution >= 4 is 78.4 Å². The lowest BCUT2D eigenvalue weighted by molar-refractivity contribution is -0.140. The van der Waals surface area contributed by atoms with Crippen LogP contribution in [-0.4, -0.2) is 50.0 Å². The van der Waals surface area contributed by atoms with Gasteiger partial charge in [0.25, 0.3) is 0 Å². The van der Waals surface area contributed by atoms with E-state index in [1.807, 2.05) is 38.1 Å². The summed E-state index contributed by atoms with van der Waals surface area (Å²) >= 11 is 11.4. The van der Waals surface area contributed by atoms with Gasteiger partial charge in [-0.1, -0.05) is 39.2 Å². The van der Waals surface area contributed by atoms with Crippen LogP contribution in [0.25, 0.3) is 20.7 Å². The molecule has 3 fully saturated rings. The quantitative estimate of drug-likeness (QED) is 0.178. The molecule has 2 aliphatic heterocycles. The second-order valence-corrected chi connectivity index (χ2v) is 15.9. The number of carbonyl (C=O) groups excluding carboxylic acids is 4. The Morgan fingerprint density at radius 3 is 2.58 bits per heavy atom. The number of halogens is 2. The number of carbonyl (C=O) groups is 4. The van der Waals surface area contributed by atoms with E-state index in [9.17, 15) is 24.3 Å². The Bertz CT molecular complexity index is 2160. The molecule has 2 aromatic carbocycles. The molecule has 0 bridgehead atoms. The molecule has 1 saturated carbocycles. The van der Waals surface area contributed by atoms with Crippen LogP contribution in [0.5, 0.6) is 5.75 Å². The van der Waals surface area contributed by atoms with Crippen molar-refractivity contribution in [3.8, 4) is 16.3 Å². The van der Waals surface area contributed by atoms with E-state index >= 15 is 0 Å². The maximum atomic E-state index is 14.9. The first kappa shape index (κ1) is 31.5. The summed E-state index contributed by atoms with van der Waals surface area (Å²) in [5.41, 5.74) is 1.70. The molecule has 9 nitrogen and oxygen atoms in total. The number of hydrogen-bond acceptors (Lipinski definition) is 7. The molecule has 48 heavy (non-hydrogen) atoms. The summed E-state index contributed by atoms with van der Waals surface area (Å²) in [6, 6.07) is 12.6. The van der Waals surface area contributed by atoms with Gasteiger partial charge in [0.2, 0.25) is 23.6 Å². The van der Waals surface area contributed by atoms with Crippen LogP contribution >= 0.6 is 38.9 Å². The molecule has 6 atom stereocenters. The minimum atomic E-state index is -1.28. The van der Waals surface area contributed by atoms with Gasteiger partial charge in [0, 0.05) is 45.3 Å². The minimum Gasteiger partial charge on any atom is -0.508 e. The summed E-state index contributed by atoms with van der Waals surface area (Å²) in [6.07, 6.45) is 2.59. The zero-order valence-electron chi connectivity index (χ0n) is 26.7. The number of aryl methyl sites for hydroxylation is 2. The van der Waals surface area contributed by atoms with Crippen molar-refractivity contribution in [2.75, 3.05) is 11.4 Å². The third kappa shape index (κ3) is 4.16. The fourth-order valence-corrected chi connectivity index (χ4v) is 10.6. The molecule has 4 aromatic rings. The number of phenolic OH excluding ortho intramolecular Hbond substituents is 1. The predicted octanol–water partition coefficient (Wildman–Crippen LogP) is 6.98. The Morgan fingerprint density at radius 2 is 1.83 bits per heavy atom. The number of rotatable bonds is 4. The summed E-state index contributed by atoms with van der Waals surface area (Å²) in [5, 5.41) is 17.7. The molecule has 4 heterocycles. The van der Waals surface area contributed by atoms with Crippen LogP contribution in [0.2, 0.25) is 5.02 Å². The highest BCUT2D eigenvalue weighted by molar-refractivity contribution is 9.10. The van der Waals surface area contributed by atoms with Gasteiger partial charge in [0.05, 0.1) is 28.0 Å². The molecule has 0 unspecified atom stereocenters. The van der Waals surface area contributed by atoms with E-state index in [0.29, 0.717) is 33.0 Å². The first-order chi connectivity index (χ1) is 22.9. The molecule has 12 heteroatoms. The average Bonchev–Trinajstić information content (AvgIpc) is 3.72. The number of hydrogen-bond donors (Lipinski definition) is 1. The van der Waals surface area contributed by atoms with Crippen molar-refractivity contribution in [1.82, 2.24) is 14.7 Å². The Labute approximate surface area is 294 Å². The van der Waals surface area contributed by atoms with Gasteiger partial charge < -0.3 is 5.11 Å². The smallest absolute Gasteiger partial charge is 0.242 e. The normalized spacial score (nSPS) is 28.3. The Morgan fingerprint density at radius 1 is 1.06 bits per heavy atom. The van der Waals surface area contributed by atoms with Crippen LogP contribution in [0.3, 0.4) is 0 Å². The number of fused-ring (bicyclic) bond motifs is 5. The molecule has 246 valence electrons. The van der Waals surface area contributed by atoms with Crippen molar-refractivity contribution in [3.63, 3.8) is 0 Å². The van der Waals surface area contributed by atoms with E-state index in [2.05, 4.69) is 15.9 Å². The van der Waals surface area contributed by atoms with Crippen molar-refractivity contribution in [2.45, 2.75) is 39.5 Å². The fraction of sp³-hybridized carbons (Fsp3) is 0.361. The number of aromatic hydroxyl groups is 1. The van der Waals surface area contributed by atoms with E-state index in [1.165, 1.54) is 9.80 Å². The molecule has 8 rings (SSSR count). The van der Waals surface area contributed by atoms with Crippen LogP contribution in [0.1, 0.15) is 43.7 Å². The molecule has 0 radical (unpaired) electrons. The van der Waals surface area contributed by atoms with E-state index in [0.717, 1.165) is 26.1 Å². The lowest BCUT2D eigenvalue weighted by Gasteiger charge is -2.49. The van der Waals surface area contributed by atoms with Gasteiger partial charge in [-0.2, -0.15) is 5.10 Å². The largest absolute Gasteiger partial charge is 0.508 e. The highest BCUT2D eigenvalue weighted by Gasteiger charge is 2.68. The zero-order valence-corrected chi connectivity index (χ0v) is 29.8. The number of anilines is 1. The zero-order chi connectivity index (χ0) is 34.0. The van der Waals surface area contributed by atoms with Crippen molar-refractivity contribution < 1.29 is 24.3 Å². The second-order valence-electron chi connectivity index (χ2n) is 13.5. The maximum Gasteiger partial charge on any atom is 0.242 e. The maximum absolute atomic E-state index is 14.9. The van der Waals surface area contributed by atoms with Crippen LogP contribution in [-0.2, 0) is 26.2 Å². The molecule has 4 amide bonds. The third-order valence-electron chi connectivity index (χ3n) is 11.2. The van der Waals surface area contributed by atoms with Gasteiger partial charge in [0.1, 0.15) is 17.3 Å². The van der Waals surface area contributed by atoms with Gasteiger partial charge in [-0.05, 0) is 86.9 Å². The summed E-state index contributed by atoms with van der Waals surface area (Å²) < 4.78 is 3.33.